The molecule has 1 heterocycles. The van der Waals surface area contributed by atoms with Gasteiger partial charge in [-0.15, -0.1) is 11.8 Å². The van der Waals surface area contributed by atoms with Gasteiger partial charge in [-0.05, 0) is 43.2 Å². The van der Waals surface area contributed by atoms with Gasteiger partial charge >= 0.3 is 12.1 Å². The molecule has 0 unspecified atom stereocenters. The Morgan fingerprint density at radius 1 is 1.16 bits per heavy atom. The fourth-order valence-electron chi connectivity index (χ4n) is 2.88. The highest BCUT2D eigenvalue weighted by molar-refractivity contribution is 8.04. The molecule has 0 radical (unpaired) electrons. The van der Waals surface area contributed by atoms with Crippen molar-refractivity contribution in [2.75, 3.05) is 19.0 Å². The van der Waals surface area contributed by atoms with Gasteiger partial charge in [-0.1, -0.05) is 24.3 Å². The van der Waals surface area contributed by atoms with E-state index in [4.69, 9.17) is 9.47 Å². The van der Waals surface area contributed by atoms with Crippen LogP contribution in [-0.2, 0) is 15.7 Å². The molecule has 0 aromatic heterocycles. The smallest absolute Gasteiger partial charge is 0.416 e. The summed E-state index contributed by atoms with van der Waals surface area (Å²) in [5.41, 5.74) is 1.02. The molecule has 0 N–H and O–H groups in total. The van der Waals surface area contributed by atoms with Gasteiger partial charge in [-0.25, -0.2) is 9.18 Å². The van der Waals surface area contributed by atoms with Crippen LogP contribution in [0.5, 0.6) is 5.75 Å². The molecule has 2 aromatic carbocycles. The maximum atomic E-state index is 14.1. The number of ether oxygens (including phenoxy) is 2. The number of aryl methyl sites for hydroxylation is 1. The Morgan fingerprint density at radius 2 is 1.87 bits per heavy atom. The Labute approximate surface area is 181 Å². The van der Waals surface area contributed by atoms with Crippen LogP contribution in [0.25, 0.3) is 0 Å². The summed E-state index contributed by atoms with van der Waals surface area (Å²) < 4.78 is 63.2. The summed E-state index contributed by atoms with van der Waals surface area (Å²) in [5, 5.41) is 0. The molecule has 164 valence electrons. The van der Waals surface area contributed by atoms with Crippen LogP contribution in [0.3, 0.4) is 0 Å². The molecule has 0 fully saturated rings. The first kappa shape index (κ1) is 22.9. The highest BCUT2D eigenvalue weighted by atomic mass is 32.2. The molecule has 0 spiro atoms. The SMILES string of the molecule is CCOC(=O)C1=C(COc2c(C)cccc2F)N=C(c2ccc(C(F)(F)F)cc2)CS1. The maximum absolute atomic E-state index is 14.1. The van der Waals surface area contributed by atoms with E-state index in [0.717, 1.165) is 23.9 Å². The van der Waals surface area contributed by atoms with Crippen molar-refractivity contribution in [2.45, 2.75) is 20.0 Å². The zero-order valence-corrected chi connectivity index (χ0v) is 17.6. The van der Waals surface area contributed by atoms with Gasteiger partial charge in [0, 0.05) is 5.75 Å². The molecule has 9 heteroatoms. The van der Waals surface area contributed by atoms with Crippen molar-refractivity contribution >= 4 is 23.4 Å². The van der Waals surface area contributed by atoms with Crippen LogP contribution >= 0.6 is 11.8 Å². The first-order chi connectivity index (χ1) is 14.7. The molecule has 1 aliphatic heterocycles. The average Bonchev–Trinajstić information content (AvgIpc) is 2.73. The van der Waals surface area contributed by atoms with E-state index in [1.165, 1.54) is 18.2 Å². The van der Waals surface area contributed by atoms with Gasteiger partial charge in [0.2, 0.25) is 0 Å². The zero-order chi connectivity index (χ0) is 22.6. The Bertz CT molecular complexity index is 1010. The van der Waals surface area contributed by atoms with Crippen LogP contribution in [0, 0.1) is 12.7 Å². The topological polar surface area (TPSA) is 47.9 Å². The Morgan fingerprint density at radius 3 is 2.48 bits per heavy atom. The molecule has 0 atom stereocenters. The minimum Gasteiger partial charge on any atom is -0.484 e. The molecular formula is C22H19F4NO3S. The minimum absolute atomic E-state index is 0.0417. The Hall–Kier alpha value is -2.81. The lowest BCUT2D eigenvalue weighted by Crippen LogP contribution is -2.19. The first-order valence-electron chi connectivity index (χ1n) is 9.37. The number of nitrogens with zero attached hydrogens (tertiary/aromatic N) is 1. The molecule has 0 aliphatic carbocycles. The predicted molar refractivity (Wildman–Crippen MR) is 111 cm³/mol. The van der Waals surface area contributed by atoms with Crippen LogP contribution in [-0.4, -0.2) is 30.6 Å². The van der Waals surface area contributed by atoms with E-state index in [1.54, 1.807) is 26.0 Å². The van der Waals surface area contributed by atoms with E-state index in [0.29, 0.717) is 16.8 Å². The lowest BCUT2D eigenvalue weighted by molar-refractivity contribution is -0.138. The van der Waals surface area contributed by atoms with Crippen molar-refractivity contribution in [3.63, 3.8) is 0 Å². The third-order valence-electron chi connectivity index (χ3n) is 4.41. The molecule has 0 saturated heterocycles. The largest absolute Gasteiger partial charge is 0.484 e. The van der Waals surface area contributed by atoms with Gasteiger partial charge < -0.3 is 9.47 Å². The number of benzene rings is 2. The number of aliphatic imine (C=N–C) groups is 1. The van der Waals surface area contributed by atoms with Gasteiger partial charge in [0.25, 0.3) is 0 Å². The lowest BCUT2D eigenvalue weighted by atomic mass is 10.1. The second kappa shape index (κ2) is 9.55. The summed E-state index contributed by atoms with van der Waals surface area (Å²) in [5.74, 6) is -0.817. The second-order valence-corrected chi connectivity index (χ2v) is 7.58. The van der Waals surface area contributed by atoms with E-state index in [-0.39, 0.29) is 35.3 Å². The quantitative estimate of drug-likeness (QED) is 0.426. The average molecular weight is 453 g/mol. The third kappa shape index (κ3) is 5.46. The minimum atomic E-state index is -4.44. The van der Waals surface area contributed by atoms with Crippen LogP contribution in [0.15, 0.2) is 58.1 Å². The van der Waals surface area contributed by atoms with Crippen molar-refractivity contribution in [1.82, 2.24) is 0 Å². The number of hydrogen-bond donors (Lipinski definition) is 0. The van der Waals surface area contributed by atoms with Crippen molar-refractivity contribution in [3.05, 3.63) is 75.6 Å². The molecule has 1 aliphatic rings. The molecular weight excluding hydrogens is 434 g/mol. The fourth-order valence-corrected chi connectivity index (χ4v) is 3.84. The first-order valence-corrected chi connectivity index (χ1v) is 10.4. The van der Waals surface area contributed by atoms with Crippen molar-refractivity contribution in [2.24, 2.45) is 4.99 Å². The molecule has 31 heavy (non-hydrogen) atoms. The number of esters is 1. The Balaban J connectivity index is 1.92. The summed E-state index contributed by atoms with van der Waals surface area (Å²) in [6.07, 6.45) is -4.44. The summed E-state index contributed by atoms with van der Waals surface area (Å²) >= 11 is 1.15. The van der Waals surface area contributed by atoms with Crippen LogP contribution in [0.4, 0.5) is 17.6 Å². The molecule has 0 bridgehead atoms. The normalized spacial score (nSPS) is 14.3. The number of para-hydroxylation sites is 1. The van der Waals surface area contributed by atoms with Crippen molar-refractivity contribution in [1.29, 1.82) is 0 Å². The summed E-state index contributed by atoms with van der Waals surface area (Å²) in [4.78, 5) is 17.0. The number of carbonyl (C=O) groups excluding carboxylic acids is 1. The van der Waals surface area contributed by atoms with E-state index in [2.05, 4.69) is 4.99 Å². The Kier molecular flexibility index (Phi) is 7.04. The van der Waals surface area contributed by atoms with E-state index >= 15 is 0 Å². The van der Waals surface area contributed by atoms with Crippen LogP contribution in [0.2, 0.25) is 0 Å². The van der Waals surface area contributed by atoms with Gasteiger partial charge in [0.05, 0.1) is 23.6 Å². The monoisotopic (exact) mass is 453 g/mol. The van der Waals surface area contributed by atoms with Crippen molar-refractivity contribution < 1.29 is 31.8 Å². The number of carbonyl (C=O) groups is 1. The van der Waals surface area contributed by atoms with Gasteiger partial charge in [-0.2, -0.15) is 13.2 Å². The number of thioether (sulfide) groups is 1. The summed E-state index contributed by atoms with van der Waals surface area (Å²) in [6, 6.07) is 9.12. The number of rotatable bonds is 6. The number of hydrogen-bond acceptors (Lipinski definition) is 5. The fraction of sp³-hybridized carbons (Fsp3) is 0.273. The maximum Gasteiger partial charge on any atom is 0.416 e. The van der Waals surface area contributed by atoms with Gasteiger partial charge in [-0.3, -0.25) is 4.99 Å². The highest BCUT2D eigenvalue weighted by Crippen LogP contribution is 2.32. The molecule has 3 rings (SSSR count). The number of alkyl halides is 3. The third-order valence-corrected chi connectivity index (χ3v) is 5.52. The van der Waals surface area contributed by atoms with E-state index in [1.807, 2.05) is 0 Å². The lowest BCUT2D eigenvalue weighted by Gasteiger charge is -2.19. The van der Waals surface area contributed by atoms with E-state index in [9.17, 15) is 22.4 Å². The summed E-state index contributed by atoms with van der Waals surface area (Å²) in [7, 11) is 0. The molecule has 0 saturated carbocycles. The van der Waals surface area contributed by atoms with Crippen LogP contribution < -0.4 is 4.74 Å². The van der Waals surface area contributed by atoms with Gasteiger partial charge in [0.15, 0.2) is 11.6 Å². The molecule has 4 nitrogen and oxygen atoms in total. The van der Waals surface area contributed by atoms with E-state index < -0.39 is 23.5 Å². The van der Waals surface area contributed by atoms with Crippen LogP contribution in [0.1, 0.15) is 23.6 Å². The number of halogens is 4. The summed E-state index contributed by atoms with van der Waals surface area (Å²) in [6.45, 7) is 3.32. The van der Waals surface area contributed by atoms with Gasteiger partial charge in [0.1, 0.15) is 11.5 Å². The highest BCUT2D eigenvalue weighted by Gasteiger charge is 2.30. The molecule has 2 aromatic rings. The zero-order valence-electron chi connectivity index (χ0n) is 16.8. The second-order valence-electron chi connectivity index (χ2n) is 6.59. The molecule has 0 amide bonds. The van der Waals surface area contributed by atoms with Crippen molar-refractivity contribution in [3.8, 4) is 5.75 Å². The predicted octanol–water partition coefficient (Wildman–Crippen LogP) is 5.54. The standard InChI is InChI=1S/C22H19F4NO3S/c1-3-29-21(28)20-17(11-30-19-13(2)5-4-6-16(19)23)27-18(12-31-20)14-7-9-15(10-8-14)22(24,25)26/h4-10H,3,11-12H2,1-2H3.